The fourth-order valence-electron chi connectivity index (χ4n) is 0. The van der Waals surface area contributed by atoms with Gasteiger partial charge in [0.2, 0.25) is 0 Å². The Morgan fingerprint density at radius 3 is 0.778 bits per heavy atom. The molecule has 0 aromatic rings. The molecular weight excluding hydrogens is 271 g/mol. The van der Waals surface area contributed by atoms with Crippen molar-refractivity contribution in [2.45, 2.75) is 0 Å². The van der Waals surface area contributed by atoms with Crippen molar-refractivity contribution in [2.24, 2.45) is 0 Å². The molecule has 48 valence electrons. The van der Waals surface area contributed by atoms with E-state index in [1.54, 1.807) is 0 Å². The summed E-state index contributed by atoms with van der Waals surface area (Å²) in [5.74, 6) is 0. The van der Waals surface area contributed by atoms with Crippen LogP contribution in [0.15, 0.2) is 0 Å². The van der Waals surface area contributed by atoms with Crippen molar-refractivity contribution in [3.63, 3.8) is 0 Å². The summed E-state index contributed by atoms with van der Waals surface area (Å²) in [6.45, 7) is 0. The van der Waals surface area contributed by atoms with Crippen molar-refractivity contribution in [2.75, 3.05) is 0 Å². The van der Waals surface area contributed by atoms with Crippen LogP contribution in [0.1, 0.15) is 0 Å². The molecule has 6 nitrogen and oxygen atoms in total. The third-order valence-corrected chi connectivity index (χ3v) is 0. The SMILES string of the molecule is O=[Si]([O-])[O-].O=[Si]([O-])[O-].[Sn+4]. The van der Waals surface area contributed by atoms with Gasteiger partial charge in [0.15, 0.2) is 0 Å². The molecule has 0 fully saturated rings. The minimum absolute atomic E-state index is 0. The van der Waals surface area contributed by atoms with Crippen LogP contribution in [-0.4, -0.2) is 42.2 Å². The molecule has 0 spiro atoms. The van der Waals surface area contributed by atoms with Crippen LogP contribution in [0.5, 0.6) is 0 Å². The van der Waals surface area contributed by atoms with Gasteiger partial charge in [-0.3, -0.25) is 0 Å². The minimum atomic E-state index is -3.63. The zero-order chi connectivity index (χ0) is 7.15. The second kappa shape index (κ2) is 10.9. The van der Waals surface area contributed by atoms with Gasteiger partial charge in [0.1, 0.15) is 0 Å². The van der Waals surface area contributed by atoms with Crippen molar-refractivity contribution < 1.29 is 28.1 Å². The third kappa shape index (κ3) is 277000. The smallest absolute Gasteiger partial charge is 0.672 e. The maximum Gasteiger partial charge on any atom is 4.00 e. The molecule has 0 aliphatic heterocycles. The van der Waals surface area contributed by atoms with E-state index in [1.165, 1.54) is 0 Å². The predicted molar refractivity (Wildman–Crippen MR) is 18.6 cm³/mol. The third-order valence-electron chi connectivity index (χ3n) is 0. The normalized spacial score (nSPS) is 5.33. The summed E-state index contributed by atoms with van der Waals surface area (Å²) >= 11 is 0. The summed E-state index contributed by atoms with van der Waals surface area (Å²) in [4.78, 5) is 34.1. The van der Waals surface area contributed by atoms with E-state index in [4.69, 9.17) is 28.1 Å². The molecule has 0 saturated heterocycles. The van der Waals surface area contributed by atoms with Gasteiger partial charge in [0.05, 0.1) is 0 Å². The molecule has 0 rings (SSSR count). The molecule has 0 heterocycles. The average Bonchev–Trinajstić information content (AvgIpc) is 1.25. The van der Waals surface area contributed by atoms with Gasteiger partial charge in [0.25, 0.3) is 0 Å². The molecule has 0 aromatic carbocycles. The van der Waals surface area contributed by atoms with Crippen LogP contribution in [-0.2, 0) is 8.92 Å². The fourth-order valence-corrected chi connectivity index (χ4v) is 0. The van der Waals surface area contributed by atoms with Crippen LogP contribution in [0.2, 0.25) is 0 Å². The zero-order valence-electron chi connectivity index (χ0n) is 3.95. The summed E-state index contributed by atoms with van der Waals surface area (Å²) in [6, 6.07) is 0. The Morgan fingerprint density at radius 1 is 0.778 bits per heavy atom. The van der Waals surface area contributed by atoms with Gasteiger partial charge in [-0.1, -0.05) is 0 Å². The molecular formula is O6Si2Sn. The summed E-state index contributed by atoms with van der Waals surface area (Å²) in [5.41, 5.74) is 0. The van der Waals surface area contributed by atoms with Gasteiger partial charge in [-0.05, 0) is 0 Å². The van der Waals surface area contributed by atoms with E-state index < -0.39 is 18.3 Å². The first-order valence-electron chi connectivity index (χ1n) is 1.22. The largest absolute Gasteiger partial charge is 4.00 e. The standard InChI is InChI=1S/2O3Si.Sn/c2*1-4(2)3;/q2*-2;+4. The van der Waals surface area contributed by atoms with E-state index >= 15 is 0 Å². The summed E-state index contributed by atoms with van der Waals surface area (Å²) < 4.78 is 17.0. The first kappa shape index (κ1) is 16.0. The van der Waals surface area contributed by atoms with Crippen LogP contribution in [0, 0.1) is 0 Å². The van der Waals surface area contributed by atoms with Crippen molar-refractivity contribution in [3.8, 4) is 0 Å². The zero-order valence-corrected chi connectivity index (χ0v) is 8.80. The molecule has 0 aliphatic carbocycles. The number of hydrogen-bond donors (Lipinski definition) is 0. The van der Waals surface area contributed by atoms with E-state index in [0.717, 1.165) is 0 Å². The van der Waals surface area contributed by atoms with Crippen LogP contribution in [0.4, 0.5) is 0 Å². The maximum atomic E-state index is 8.52. The number of hydrogen-bond acceptors (Lipinski definition) is 6. The van der Waals surface area contributed by atoms with Gasteiger partial charge < -0.3 is 28.1 Å². The topological polar surface area (TPSA) is 126 Å². The Bertz CT molecular complexity index is 69.1. The first-order chi connectivity index (χ1) is 3.46. The molecule has 0 N–H and O–H groups in total. The predicted octanol–water partition coefficient (Wildman–Crippen LogP) is -6.14. The molecule has 0 amide bonds. The number of rotatable bonds is 0. The van der Waals surface area contributed by atoms with Crippen molar-refractivity contribution >= 4 is 42.2 Å². The Labute approximate surface area is 70.5 Å². The van der Waals surface area contributed by atoms with Crippen molar-refractivity contribution in [1.29, 1.82) is 0 Å². The Balaban J connectivity index is -0.0000000720. The van der Waals surface area contributed by atoms with Crippen LogP contribution >= 0.6 is 0 Å². The van der Waals surface area contributed by atoms with E-state index in [2.05, 4.69) is 0 Å². The van der Waals surface area contributed by atoms with E-state index in [-0.39, 0.29) is 23.9 Å². The minimum Gasteiger partial charge on any atom is -0.672 e. The van der Waals surface area contributed by atoms with E-state index in [1.807, 2.05) is 0 Å². The van der Waals surface area contributed by atoms with E-state index in [9.17, 15) is 0 Å². The second-order valence-corrected chi connectivity index (χ2v) is 1.50. The van der Waals surface area contributed by atoms with Gasteiger partial charge in [-0.15, -0.1) is 0 Å². The Hall–Kier alpha value is 0.0325. The first-order valence-corrected chi connectivity index (χ1v) is 3.67. The van der Waals surface area contributed by atoms with E-state index in [0.29, 0.717) is 0 Å². The van der Waals surface area contributed by atoms with Crippen molar-refractivity contribution in [3.05, 3.63) is 0 Å². The summed E-state index contributed by atoms with van der Waals surface area (Å²) in [7, 11) is -7.26. The van der Waals surface area contributed by atoms with Crippen LogP contribution in [0.3, 0.4) is 0 Å². The van der Waals surface area contributed by atoms with Crippen LogP contribution < -0.4 is 19.2 Å². The Kier molecular flexibility index (Phi) is 19.4. The fraction of sp³-hybridized carbons (Fsp3) is 0. The molecule has 0 bridgehead atoms. The second-order valence-electron chi connectivity index (χ2n) is 0.500. The molecule has 9 heavy (non-hydrogen) atoms. The molecule has 0 saturated carbocycles. The maximum absolute atomic E-state index is 8.52. The molecule has 0 aromatic heterocycles. The average molecular weight is 271 g/mol. The molecule has 0 unspecified atom stereocenters. The monoisotopic (exact) mass is 272 g/mol. The summed E-state index contributed by atoms with van der Waals surface area (Å²) in [6.07, 6.45) is 0. The van der Waals surface area contributed by atoms with Gasteiger partial charge >= 0.3 is 23.9 Å². The van der Waals surface area contributed by atoms with Crippen molar-refractivity contribution in [1.82, 2.24) is 0 Å². The quantitative estimate of drug-likeness (QED) is 0.403. The molecule has 0 atom stereocenters. The molecule has 0 aliphatic rings. The van der Waals surface area contributed by atoms with Crippen LogP contribution in [0.25, 0.3) is 0 Å². The van der Waals surface area contributed by atoms with Gasteiger partial charge in [0, 0.05) is 18.3 Å². The van der Waals surface area contributed by atoms with Gasteiger partial charge in [-0.25, -0.2) is 0 Å². The molecule has 9 heteroatoms. The molecule has 0 radical (unpaired) electrons. The Morgan fingerprint density at radius 2 is 0.778 bits per heavy atom. The van der Waals surface area contributed by atoms with Gasteiger partial charge in [-0.2, -0.15) is 0 Å². The summed E-state index contributed by atoms with van der Waals surface area (Å²) in [5, 5.41) is 0.